The molecule has 4 rings (SSSR count). The Bertz CT molecular complexity index is 825. The van der Waals surface area contributed by atoms with Gasteiger partial charge in [-0.05, 0) is 60.2 Å². The molecule has 0 saturated carbocycles. The van der Waals surface area contributed by atoms with Crippen LogP contribution in [0.25, 0.3) is 0 Å². The van der Waals surface area contributed by atoms with Crippen LogP contribution in [0.3, 0.4) is 0 Å². The van der Waals surface area contributed by atoms with Crippen molar-refractivity contribution in [1.82, 2.24) is 0 Å². The molecular formula is C20H21NO2. The Kier molecular flexibility index (Phi) is 3.02. The monoisotopic (exact) mass is 307 g/mol. The number of hydrogen-bond acceptors (Lipinski definition) is 2. The summed E-state index contributed by atoms with van der Waals surface area (Å²) in [5, 5.41) is 0. The number of amides is 1. The van der Waals surface area contributed by atoms with Crippen molar-refractivity contribution in [2.75, 3.05) is 12.0 Å². The van der Waals surface area contributed by atoms with Crippen LogP contribution in [0.15, 0.2) is 30.3 Å². The highest BCUT2D eigenvalue weighted by atomic mass is 16.5. The van der Waals surface area contributed by atoms with Gasteiger partial charge in [-0.25, -0.2) is 0 Å². The predicted molar refractivity (Wildman–Crippen MR) is 91.3 cm³/mol. The van der Waals surface area contributed by atoms with Gasteiger partial charge in [-0.15, -0.1) is 0 Å². The second-order valence-electron chi connectivity index (χ2n) is 6.62. The van der Waals surface area contributed by atoms with Crippen LogP contribution < -0.4 is 9.64 Å². The third-order valence-corrected chi connectivity index (χ3v) is 5.41. The Morgan fingerprint density at radius 1 is 1.22 bits per heavy atom. The van der Waals surface area contributed by atoms with E-state index in [0.717, 1.165) is 23.4 Å². The van der Waals surface area contributed by atoms with Crippen molar-refractivity contribution in [2.24, 2.45) is 0 Å². The number of methoxy groups -OCH3 is 1. The van der Waals surface area contributed by atoms with Gasteiger partial charge >= 0.3 is 0 Å². The maximum absolute atomic E-state index is 12.4. The number of anilines is 1. The first kappa shape index (κ1) is 14.3. The summed E-state index contributed by atoms with van der Waals surface area (Å²) >= 11 is 0. The number of ether oxygens (including phenoxy) is 1. The highest BCUT2D eigenvalue weighted by Crippen LogP contribution is 2.56. The first-order valence-corrected chi connectivity index (χ1v) is 8.10. The summed E-state index contributed by atoms with van der Waals surface area (Å²) in [4.78, 5) is 14.3. The van der Waals surface area contributed by atoms with E-state index in [4.69, 9.17) is 4.74 Å². The number of rotatable bonds is 1. The van der Waals surface area contributed by atoms with Gasteiger partial charge < -0.3 is 9.64 Å². The van der Waals surface area contributed by atoms with Crippen molar-refractivity contribution in [3.8, 4) is 5.75 Å². The van der Waals surface area contributed by atoms with Gasteiger partial charge in [-0.2, -0.15) is 0 Å². The van der Waals surface area contributed by atoms with Gasteiger partial charge in [0.15, 0.2) is 0 Å². The average molecular weight is 307 g/mol. The summed E-state index contributed by atoms with van der Waals surface area (Å²) in [6.45, 7) is 5.88. The molecule has 2 atom stereocenters. The molecule has 1 amide bonds. The number of hydrogen-bond donors (Lipinski definition) is 0. The van der Waals surface area contributed by atoms with Crippen LogP contribution in [-0.2, 0) is 11.2 Å². The normalized spacial score (nSPS) is 21.0. The van der Waals surface area contributed by atoms with E-state index < -0.39 is 0 Å². The van der Waals surface area contributed by atoms with Gasteiger partial charge in [-0.3, -0.25) is 4.79 Å². The summed E-state index contributed by atoms with van der Waals surface area (Å²) in [5.74, 6) is 1.45. The first-order valence-electron chi connectivity index (χ1n) is 8.10. The summed E-state index contributed by atoms with van der Waals surface area (Å²) in [6.07, 6.45) is 0.975. The van der Waals surface area contributed by atoms with Crippen LogP contribution in [0, 0.1) is 13.8 Å². The molecule has 1 heterocycles. The molecule has 0 bridgehead atoms. The topological polar surface area (TPSA) is 29.5 Å². The minimum Gasteiger partial charge on any atom is -0.496 e. The second kappa shape index (κ2) is 4.85. The molecule has 118 valence electrons. The van der Waals surface area contributed by atoms with E-state index in [2.05, 4.69) is 38.1 Å². The highest BCUT2D eigenvalue weighted by molar-refractivity contribution is 5.96. The summed E-state index contributed by atoms with van der Waals surface area (Å²) in [6, 6.07) is 10.7. The van der Waals surface area contributed by atoms with Crippen molar-refractivity contribution in [3.05, 3.63) is 58.1 Å². The SMILES string of the molecule is COc1c(C)cc2c(c1C)CC1c3ccccc3N(C(C)=O)C21. The van der Waals surface area contributed by atoms with Crippen LogP contribution in [0.5, 0.6) is 5.75 Å². The lowest BCUT2D eigenvalue weighted by molar-refractivity contribution is -0.117. The molecule has 23 heavy (non-hydrogen) atoms. The van der Waals surface area contributed by atoms with Gasteiger partial charge in [-0.1, -0.05) is 18.2 Å². The van der Waals surface area contributed by atoms with Crippen molar-refractivity contribution in [2.45, 2.75) is 39.2 Å². The molecule has 2 aromatic rings. The minimum absolute atomic E-state index is 0.115. The van der Waals surface area contributed by atoms with Gasteiger partial charge in [0.05, 0.1) is 13.2 Å². The van der Waals surface area contributed by atoms with Crippen molar-refractivity contribution in [3.63, 3.8) is 0 Å². The standard InChI is InChI=1S/C20H21NO2/c1-11-9-16-15(12(2)20(11)23-4)10-17-14-7-5-6-8-18(14)21(13(3)22)19(16)17/h5-9,17,19H,10H2,1-4H3. The fourth-order valence-corrected chi connectivity index (χ4v) is 4.57. The summed E-state index contributed by atoms with van der Waals surface area (Å²) in [5.41, 5.74) is 7.37. The number of benzene rings is 2. The van der Waals surface area contributed by atoms with E-state index in [0.29, 0.717) is 5.92 Å². The molecule has 3 heteroatoms. The third kappa shape index (κ3) is 1.79. The Morgan fingerprint density at radius 2 is 1.96 bits per heavy atom. The van der Waals surface area contributed by atoms with Gasteiger partial charge in [0.1, 0.15) is 5.75 Å². The molecule has 0 saturated heterocycles. The van der Waals surface area contributed by atoms with E-state index in [1.165, 1.54) is 22.3 Å². The Balaban J connectivity index is 1.94. The molecule has 0 aromatic heterocycles. The zero-order valence-corrected chi connectivity index (χ0v) is 14.0. The van der Waals surface area contributed by atoms with Gasteiger partial charge in [0.25, 0.3) is 0 Å². The van der Waals surface area contributed by atoms with Crippen LogP contribution in [0.1, 0.15) is 46.7 Å². The molecular weight excluding hydrogens is 286 g/mol. The fourth-order valence-electron chi connectivity index (χ4n) is 4.57. The van der Waals surface area contributed by atoms with Gasteiger partial charge in [0.2, 0.25) is 5.91 Å². The van der Waals surface area contributed by atoms with E-state index in [9.17, 15) is 4.79 Å². The maximum Gasteiger partial charge on any atom is 0.224 e. The first-order chi connectivity index (χ1) is 11.0. The molecule has 0 spiro atoms. The number of nitrogens with zero attached hydrogens (tertiary/aromatic N) is 1. The molecule has 3 nitrogen and oxygen atoms in total. The Labute approximate surface area is 136 Å². The largest absolute Gasteiger partial charge is 0.496 e. The van der Waals surface area contributed by atoms with Gasteiger partial charge in [0, 0.05) is 18.5 Å². The summed E-state index contributed by atoms with van der Waals surface area (Å²) < 4.78 is 5.59. The highest BCUT2D eigenvalue weighted by Gasteiger charge is 2.46. The molecule has 2 aliphatic rings. The zero-order chi connectivity index (χ0) is 16.3. The van der Waals surface area contributed by atoms with Crippen LogP contribution in [0.2, 0.25) is 0 Å². The molecule has 2 aromatic carbocycles. The van der Waals surface area contributed by atoms with Crippen molar-refractivity contribution >= 4 is 11.6 Å². The molecule has 0 radical (unpaired) electrons. The van der Waals surface area contributed by atoms with E-state index in [1.807, 2.05) is 11.0 Å². The lowest BCUT2D eigenvalue weighted by Gasteiger charge is -2.25. The van der Waals surface area contributed by atoms with Crippen LogP contribution in [-0.4, -0.2) is 13.0 Å². The van der Waals surface area contributed by atoms with Crippen molar-refractivity contribution < 1.29 is 9.53 Å². The molecule has 2 unspecified atom stereocenters. The molecule has 1 aliphatic heterocycles. The van der Waals surface area contributed by atoms with E-state index in [-0.39, 0.29) is 11.9 Å². The smallest absolute Gasteiger partial charge is 0.224 e. The summed E-state index contributed by atoms with van der Waals surface area (Å²) in [7, 11) is 1.73. The second-order valence-corrected chi connectivity index (χ2v) is 6.62. The molecule has 1 aliphatic carbocycles. The van der Waals surface area contributed by atoms with Crippen molar-refractivity contribution in [1.29, 1.82) is 0 Å². The van der Waals surface area contributed by atoms with E-state index in [1.54, 1.807) is 14.0 Å². The fraction of sp³-hybridized carbons (Fsp3) is 0.350. The average Bonchev–Trinajstić information content (AvgIpc) is 3.03. The minimum atomic E-state index is 0.115. The number of aryl methyl sites for hydroxylation is 1. The third-order valence-electron chi connectivity index (χ3n) is 5.41. The lowest BCUT2D eigenvalue weighted by Crippen LogP contribution is -2.29. The number of carbonyl (C=O) groups excluding carboxylic acids is 1. The lowest BCUT2D eigenvalue weighted by atomic mass is 9.96. The maximum atomic E-state index is 12.4. The Hall–Kier alpha value is -2.29. The molecule has 0 fully saturated rings. The molecule has 0 N–H and O–H groups in total. The zero-order valence-electron chi connectivity index (χ0n) is 14.0. The van der Waals surface area contributed by atoms with E-state index >= 15 is 0 Å². The predicted octanol–water partition coefficient (Wildman–Crippen LogP) is 4.06. The Morgan fingerprint density at radius 3 is 2.65 bits per heavy atom. The number of fused-ring (bicyclic) bond motifs is 5. The quantitative estimate of drug-likeness (QED) is 0.795. The number of para-hydroxylation sites is 1. The van der Waals surface area contributed by atoms with Crippen LogP contribution >= 0.6 is 0 Å². The number of carbonyl (C=O) groups is 1. The van der Waals surface area contributed by atoms with Crippen LogP contribution in [0.4, 0.5) is 5.69 Å².